The quantitative estimate of drug-likeness (QED) is 0.429. The number of hydrogen-bond acceptors (Lipinski definition) is 4. The first-order valence-corrected chi connectivity index (χ1v) is 5.26. The number of hydrazone groups is 1. The van der Waals surface area contributed by atoms with E-state index >= 15 is 0 Å². The first kappa shape index (κ1) is 10.3. The van der Waals surface area contributed by atoms with Crippen molar-refractivity contribution in [3.05, 3.63) is 24.2 Å². The molecule has 0 bridgehead atoms. The van der Waals surface area contributed by atoms with E-state index in [2.05, 4.69) is 5.10 Å². The zero-order valence-corrected chi connectivity index (χ0v) is 9.06. The molecular formula is C8H10N2OS2. The lowest BCUT2D eigenvalue weighted by Crippen LogP contribution is -2.15. The predicted molar refractivity (Wildman–Crippen MR) is 60.2 cm³/mol. The van der Waals surface area contributed by atoms with Gasteiger partial charge in [-0.25, -0.2) is 0 Å². The molecule has 0 aliphatic carbocycles. The van der Waals surface area contributed by atoms with Gasteiger partial charge in [0.1, 0.15) is 5.76 Å². The van der Waals surface area contributed by atoms with Crippen molar-refractivity contribution >= 4 is 34.5 Å². The molecule has 0 unspecified atom stereocenters. The van der Waals surface area contributed by atoms with Crippen LogP contribution in [0.2, 0.25) is 0 Å². The van der Waals surface area contributed by atoms with Gasteiger partial charge in [0.15, 0.2) is 4.32 Å². The molecule has 0 spiro atoms. The fourth-order valence-corrected chi connectivity index (χ4v) is 1.05. The van der Waals surface area contributed by atoms with Gasteiger partial charge in [0, 0.05) is 7.05 Å². The zero-order valence-electron chi connectivity index (χ0n) is 7.43. The third-order valence-electron chi connectivity index (χ3n) is 1.34. The highest BCUT2D eigenvalue weighted by Gasteiger charge is 1.98. The molecule has 0 aliphatic rings. The average molecular weight is 214 g/mol. The fourth-order valence-electron chi connectivity index (χ4n) is 0.687. The average Bonchev–Trinajstić information content (AvgIpc) is 2.65. The summed E-state index contributed by atoms with van der Waals surface area (Å²) in [5.74, 6) is 0.718. The lowest BCUT2D eigenvalue weighted by atomic mass is 10.5. The van der Waals surface area contributed by atoms with Crippen LogP contribution in [-0.2, 0) is 0 Å². The van der Waals surface area contributed by atoms with Crippen molar-refractivity contribution in [1.29, 1.82) is 0 Å². The Morgan fingerprint density at radius 3 is 3.08 bits per heavy atom. The maximum atomic E-state index is 5.07. The molecule has 0 atom stereocenters. The molecule has 5 heteroatoms. The van der Waals surface area contributed by atoms with Crippen LogP contribution in [0.1, 0.15) is 5.76 Å². The van der Waals surface area contributed by atoms with Crippen molar-refractivity contribution < 1.29 is 4.42 Å². The van der Waals surface area contributed by atoms with Gasteiger partial charge in [-0.1, -0.05) is 24.0 Å². The smallest absolute Gasteiger partial charge is 0.156 e. The first-order chi connectivity index (χ1) is 6.24. The zero-order chi connectivity index (χ0) is 9.68. The molecular weight excluding hydrogens is 204 g/mol. The highest BCUT2D eigenvalue weighted by molar-refractivity contribution is 8.22. The van der Waals surface area contributed by atoms with Gasteiger partial charge in [0.2, 0.25) is 0 Å². The minimum atomic E-state index is 0.718. The SMILES string of the molecule is CSC(=S)N(C)N=Cc1ccco1. The molecule has 0 saturated carbocycles. The van der Waals surface area contributed by atoms with Crippen LogP contribution in [0.3, 0.4) is 0 Å². The Morgan fingerprint density at radius 2 is 2.54 bits per heavy atom. The normalized spacial score (nSPS) is 10.6. The standard InChI is InChI=1S/C8H10N2OS2/c1-10(8(12)13-2)9-6-7-4-3-5-11-7/h3-6H,1-2H3. The van der Waals surface area contributed by atoms with Gasteiger partial charge in [-0.3, -0.25) is 5.01 Å². The van der Waals surface area contributed by atoms with Crippen LogP contribution in [0, 0.1) is 0 Å². The van der Waals surface area contributed by atoms with Crippen LogP contribution in [0.4, 0.5) is 0 Å². The van der Waals surface area contributed by atoms with Crippen LogP contribution in [0.25, 0.3) is 0 Å². The lowest BCUT2D eigenvalue weighted by molar-refractivity contribution is 0.544. The van der Waals surface area contributed by atoms with Gasteiger partial charge in [0.25, 0.3) is 0 Å². The number of rotatable bonds is 2. The van der Waals surface area contributed by atoms with Crippen molar-refractivity contribution in [3.63, 3.8) is 0 Å². The Kier molecular flexibility index (Phi) is 3.98. The van der Waals surface area contributed by atoms with Gasteiger partial charge < -0.3 is 4.42 Å². The molecule has 0 saturated heterocycles. The molecule has 1 aromatic heterocycles. The Bertz CT molecular complexity index is 295. The summed E-state index contributed by atoms with van der Waals surface area (Å²) in [6, 6.07) is 3.65. The molecule has 0 aromatic carbocycles. The molecule has 0 fully saturated rings. The number of furan rings is 1. The summed E-state index contributed by atoms with van der Waals surface area (Å²) < 4.78 is 5.80. The van der Waals surface area contributed by atoms with E-state index in [1.807, 2.05) is 18.4 Å². The van der Waals surface area contributed by atoms with Crippen LogP contribution in [0.15, 0.2) is 27.9 Å². The molecule has 0 radical (unpaired) electrons. The predicted octanol–water partition coefficient (Wildman–Crippen LogP) is 2.19. The third-order valence-corrected chi connectivity index (χ3v) is 2.72. The second kappa shape index (κ2) is 5.04. The molecule has 13 heavy (non-hydrogen) atoms. The molecule has 3 nitrogen and oxygen atoms in total. The summed E-state index contributed by atoms with van der Waals surface area (Å²) in [6.45, 7) is 0. The highest BCUT2D eigenvalue weighted by Crippen LogP contribution is 2.03. The molecule has 0 aliphatic heterocycles. The monoisotopic (exact) mass is 214 g/mol. The highest BCUT2D eigenvalue weighted by atomic mass is 32.2. The van der Waals surface area contributed by atoms with E-state index in [1.165, 1.54) is 11.8 Å². The van der Waals surface area contributed by atoms with Crippen LogP contribution in [-0.4, -0.2) is 28.8 Å². The Hall–Kier alpha value is -0.810. The van der Waals surface area contributed by atoms with Crippen LogP contribution >= 0.6 is 24.0 Å². The Balaban J connectivity index is 2.53. The largest absolute Gasteiger partial charge is 0.463 e. The summed E-state index contributed by atoms with van der Waals surface area (Å²) in [7, 11) is 1.80. The van der Waals surface area contributed by atoms with E-state index in [4.69, 9.17) is 16.6 Å². The van der Waals surface area contributed by atoms with E-state index in [-0.39, 0.29) is 0 Å². The second-order valence-corrected chi connectivity index (χ2v) is 3.69. The number of thiocarbonyl (C=S) groups is 1. The van der Waals surface area contributed by atoms with Crippen LogP contribution < -0.4 is 0 Å². The van der Waals surface area contributed by atoms with Crippen molar-refractivity contribution in [1.82, 2.24) is 5.01 Å². The summed E-state index contributed by atoms with van der Waals surface area (Å²) in [4.78, 5) is 0. The van der Waals surface area contributed by atoms with E-state index in [9.17, 15) is 0 Å². The maximum Gasteiger partial charge on any atom is 0.156 e. The van der Waals surface area contributed by atoms with Gasteiger partial charge in [0.05, 0.1) is 12.5 Å². The molecule has 1 heterocycles. The molecule has 70 valence electrons. The topological polar surface area (TPSA) is 28.7 Å². The van der Waals surface area contributed by atoms with Crippen molar-refractivity contribution in [2.45, 2.75) is 0 Å². The Labute approximate surface area is 86.8 Å². The minimum absolute atomic E-state index is 0.718. The summed E-state index contributed by atoms with van der Waals surface area (Å²) in [6.07, 6.45) is 5.15. The molecule has 1 rings (SSSR count). The number of hydrogen-bond donors (Lipinski definition) is 0. The van der Waals surface area contributed by atoms with E-state index < -0.39 is 0 Å². The maximum absolute atomic E-state index is 5.07. The Morgan fingerprint density at radius 1 is 1.77 bits per heavy atom. The van der Waals surface area contributed by atoms with Gasteiger partial charge >= 0.3 is 0 Å². The van der Waals surface area contributed by atoms with Gasteiger partial charge in [-0.05, 0) is 18.4 Å². The molecule has 0 amide bonds. The van der Waals surface area contributed by atoms with Crippen LogP contribution in [0.5, 0.6) is 0 Å². The summed E-state index contributed by atoms with van der Waals surface area (Å²) in [5.41, 5.74) is 0. The number of thioether (sulfide) groups is 1. The number of nitrogens with zero attached hydrogens (tertiary/aromatic N) is 2. The van der Waals surface area contributed by atoms with Gasteiger partial charge in [-0.2, -0.15) is 5.10 Å². The second-order valence-electron chi connectivity index (χ2n) is 2.25. The van der Waals surface area contributed by atoms with Crippen molar-refractivity contribution in [2.24, 2.45) is 5.10 Å². The molecule has 1 aromatic rings. The van der Waals surface area contributed by atoms with E-state index in [0.717, 1.165) is 10.1 Å². The van der Waals surface area contributed by atoms with Crippen molar-refractivity contribution in [2.75, 3.05) is 13.3 Å². The minimum Gasteiger partial charge on any atom is -0.463 e. The summed E-state index contributed by atoms with van der Waals surface area (Å²) in [5, 5.41) is 5.72. The lowest BCUT2D eigenvalue weighted by Gasteiger charge is -2.09. The fraction of sp³-hybridized carbons (Fsp3) is 0.250. The van der Waals surface area contributed by atoms with E-state index in [0.29, 0.717) is 0 Å². The van der Waals surface area contributed by atoms with E-state index in [1.54, 1.807) is 24.5 Å². The summed E-state index contributed by atoms with van der Waals surface area (Å²) >= 11 is 6.50. The van der Waals surface area contributed by atoms with Crippen molar-refractivity contribution in [3.8, 4) is 0 Å². The molecule has 0 N–H and O–H groups in total. The third kappa shape index (κ3) is 3.20. The first-order valence-electron chi connectivity index (χ1n) is 3.63. The van der Waals surface area contributed by atoms with Gasteiger partial charge in [-0.15, -0.1) is 0 Å².